The van der Waals surface area contributed by atoms with Gasteiger partial charge in [0.25, 0.3) is 0 Å². The van der Waals surface area contributed by atoms with Crippen molar-refractivity contribution in [1.29, 1.82) is 0 Å². The van der Waals surface area contributed by atoms with Crippen LogP contribution >= 0.6 is 11.8 Å². The number of aromatic nitrogens is 2. The van der Waals surface area contributed by atoms with Gasteiger partial charge >= 0.3 is 0 Å². The van der Waals surface area contributed by atoms with Crippen molar-refractivity contribution >= 4 is 11.8 Å². The Morgan fingerprint density at radius 1 is 1.50 bits per heavy atom. The van der Waals surface area contributed by atoms with Crippen LogP contribution in [-0.4, -0.2) is 27.1 Å². The molecular formula is C14H25N3S. The van der Waals surface area contributed by atoms with Crippen LogP contribution in [0.4, 0.5) is 0 Å². The lowest BCUT2D eigenvalue weighted by Gasteiger charge is -2.30. The zero-order valence-corrected chi connectivity index (χ0v) is 12.4. The third-order valence-corrected chi connectivity index (χ3v) is 4.96. The van der Waals surface area contributed by atoms with E-state index in [2.05, 4.69) is 46.7 Å². The Morgan fingerprint density at radius 2 is 2.39 bits per heavy atom. The largest absolute Gasteiger partial charge is 0.334 e. The van der Waals surface area contributed by atoms with Gasteiger partial charge in [0.15, 0.2) is 0 Å². The summed E-state index contributed by atoms with van der Waals surface area (Å²) >= 11 is 2.12. The lowest BCUT2D eigenvalue weighted by atomic mass is 10.1. The minimum atomic E-state index is 0.418. The first-order valence-electron chi connectivity index (χ1n) is 7.22. The van der Waals surface area contributed by atoms with Crippen LogP contribution in [0.1, 0.15) is 51.4 Å². The van der Waals surface area contributed by atoms with E-state index < -0.39 is 0 Å². The fourth-order valence-corrected chi connectivity index (χ4v) is 4.08. The Hall–Kier alpha value is -0.480. The summed E-state index contributed by atoms with van der Waals surface area (Å²) in [5, 5.41) is 4.34. The summed E-state index contributed by atoms with van der Waals surface area (Å²) < 4.78 is 2.32. The van der Waals surface area contributed by atoms with E-state index in [0.717, 1.165) is 13.1 Å². The average Bonchev–Trinajstić information content (AvgIpc) is 2.85. The quantitative estimate of drug-likeness (QED) is 0.858. The Labute approximate surface area is 115 Å². The molecule has 0 radical (unpaired) electrons. The topological polar surface area (TPSA) is 29.9 Å². The Kier molecular flexibility index (Phi) is 5.57. The minimum Gasteiger partial charge on any atom is -0.334 e. The van der Waals surface area contributed by atoms with E-state index in [1.54, 1.807) is 0 Å². The van der Waals surface area contributed by atoms with Gasteiger partial charge in [0.2, 0.25) is 0 Å². The molecule has 0 saturated carbocycles. The first-order chi connectivity index (χ1) is 8.86. The number of hydrogen-bond acceptors (Lipinski definition) is 3. The molecule has 102 valence electrons. The molecule has 1 saturated heterocycles. The van der Waals surface area contributed by atoms with E-state index in [4.69, 9.17) is 0 Å². The van der Waals surface area contributed by atoms with E-state index in [-0.39, 0.29) is 0 Å². The Morgan fingerprint density at radius 3 is 3.06 bits per heavy atom. The molecule has 2 rings (SSSR count). The van der Waals surface area contributed by atoms with E-state index in [0.29, 0.717) is 11.3 Å². The van der Waals surface area contributed by atoms with Crippen molar-refractivity contribution in [3.8, 4) is 0 Å². The molecule has 2 atom stereocenters. The maximum Gasteiger partial charge on any atom is 0.126 e. The van der Waals surface area contributed by atoms with E-state index >= 15 is 0 Å². The predicted molar refractivity (Wildman–Crippen MR) is 79.0 cm³/mol. The van der Waals surface area contributed by atoms with Crippen LogP contribution in [-0.2, 0) is 6.54 Å². The average molecular weight is 267 g/mol. The number of imidazole rings is 1. The molecule has 0 spiro atoms. The zero-order chi connectivity index (χ0) is 12.8. The molecule has 2 heterocycles. The highest BCUT2D eigenvalue weighted by Gasteiger charge is 2.27. The molecule has 1 aliphatic heterocycles. The maximum absolute atomic E-state index is 4.62. The van der Waals surface area contributed by atoms with Crippen LogP contribution < -0.4 is 5.32 Å². The normalized spacial score (nSPS) is 22.0. The van der Waals surface area contributed by atoms with E-state index in [1.807, 2.05) is 6.20 Å². The summed E-state index contributed by atoms with van der Waals surface area (Å²) in [5.41, 5.74) is 0. The molecule has 0 bridgehead atoms. The molecule has 0 aliphatic carbocycles. The van der Waals surface area contributed by atoms with Crippen LogP contribution in [0.3, 0.4) is 0 Å². The Bertz CT molecular complexity index is 345. The van der Waals surface area contributed by atoms with Gasteiger partial charge in [-0.3, -0.25) is 0 Å². The summed E-state index contributed by atoms with van der Waals surface area (Å²) in [5.74, 6) is 2.54. The van der Waals surface area contributed by atoms with Crippen molar-refractivity contribution in [1.82, 2.24) is 14.9 Å². The van der Waals surface area contributed by atoms with Crippen LogP contribution in [0.25, 0.3) is 0 Å². The van der Waals surface area contributed by atoms with Gasteiger partial charge in [0.05, 0.1) is 6.04 Å². The first-order valence-corrected chi connectivity index (χ1v) is 8.27. The van der Waals surface area contributed by atoms with Gasteiger partial charge in [0, 0.05) is 24.2 Å². The minimum absolute atomic E-state index is 0.418. The number of rotatable bonds is 6. The predicted octanol–water partition coefficient (Wildman–Crippen LogP) is 3.23. The molecule has 2 unspecified atom stereocenters. The van der Waals surface area contributed by atoms with E-state index in [1.165, 1.54) is 37.3 Å². The van der Waals surface area contributed by atoms with Gasteiger partial charge in [-0.2, -0.15) is 11.8 Å². The van der Waals surface area contributed by atoms with Crippen molar-refractivity contribution in [3.05, 3.63) is 18.2 Å². The number of nitrogens with one attached hydrogen (secondary N) is 1. The summed E-state index contributed by atoms with van der Waals surface area (Å²) in [7, 11) is 0. The molecule has 1 aromatic rings. The molecule has 1 aliphatic rings. The lowest BCUT2D eigenvalue weighted by molar-refractivity contribution is 0.449. The molecule has 0 amide bonds. The summed E-state index contributed by atoms with van der Waals surface area (Å²) in [6, 6.07) is 0.418. The van der Waals surface area contributed by atoms with Crippen molar-refractivity contribution in [2.45, 2.75) is 57.4 Å². The summed E-state index contributed by atoms with van der Waals surface area (Å²) in [6.07, 6.45) is 9.30. The number of aryl methyl sites for hydroxylation is 1. The maximum atomic E-state index is 4.62. The molecule has 18 heavy (non-hydrogen) atoms. The SMILES string of the molecule is CCCn1ccnc1C(NCC)C1CCCCS1. The highest BCUT2D eigenvalue weighted by molar-refractivity contribution is 8.00. The number of nitrogens with zero attached hydrogens (tertiary/aromatic N) is 2. The van der Waals surface area contributed by atoms with Crippen molar-refractivity contribution < 1.29 is 0 Å². The second kappa shape index (κ2) is 7.19. The third kappa shape index (κ3) is 3.29. The Balaban J connectivity index is 2.14. The lowest BCUT2D eigenvalue weighted by Crippen LogP contribution is -2.34. The zero-order valence-electron chi connectivity index (χ0n) is 11.6. The van der Waals surface area contributed by atoms with Gasteiger partial charge in [0.1, 0.15) is 5.82 Å². The van der Waals surface area contributed by atoms with Crippen molar-refractivity contribution in [3.63, 3.8) is 0 Å². The number of thioether (sulfide) groups is 1. The van der Waals surface area contributed by atoms with Gasteiger partial charge in [-0.15, -0.1) is 0 Å². The molecule has 0 aromatic carbocycles. The molecule has 4 heteroatoms. The van der Waals surface area contributed by atoms with E-state index in [9.17, 15) is 0 Å². The molecule has 1 fully saturated rings. The van der Waals surface area contributed by atoms with Gasteiger partial charge in [-0.05, 0) is 31.6 Å². The molecule has 3 nitrogen and oxygen atoms in total. The standard InChI is InChI=1S/C14H25N3S/c1-3-9-17-10-8-16-14(17)13(15-4-2)12-7-5-6-11-18-12/h8,10,12-13,15H,3-7,9,11H2,1-2H3. The highest BCUT2D eigenvalue weighted by atomic mass is 32.2. The smallest absolute Gasteiger partial charge is 0.126 e. The molecule has 1 N–H and O–H groups in total. The van der Waals surface area contributed by atoms with Crippen LogP contribution in [0.2, 0.25) is 0 Å². The van der Waals surface area contributed by atoms with Crippen LogP contribution in [0.15, 0.2) is 12.4 Å². The second-order valence-electron chi connectivity index (χ2n) is 4.92. The van der Waals surface area contributed by atoms with Gasteiger partial charge < -0.3 is 9.88 Å². The second-order valence-corrected chi connectivity index (χ2v) is 6.27. The third-order valence-electron chi connectivity index (χ3n) is 3.50. The summed E-state index contributed by atoms with van der Waals surface area (Å²) in [4.78, 5) is 4.62. The van der Waals surface area contributed by atoms with Gasteiger partial charge in [-0.1, -0.05) is 20.3 Å². The number of hydrogen-bond donors (Lipinski definition) is 1. The molecule has 1 aromatic heterocycles. The van der Waals surface area contributed by atoms with Crippen molar-refractivity contribution in [2.24, 2.45) is 0 Å². The monoisotopic (exact) mass is 267 g/mol. The van der Waals surface area contributed by atoms with Crippen LogP contribution in [0, 0.1) is 0 Å². The fourth-order valence-electron chi connectivity index (χ4n) is 2.67. The van der Waals surface area contributed by atoms with Crippen LogP contribution in [0.5, 0.6) is 0 Å². The first kappa shape index (κ1) is 13.9. The fraction of sp³-hybridized carbons (Fsp3) is 0.786. The summed E-state index contributed by atoms with van der Waals surface area (Å²) in [6.45, 7) is 6.50. The van der Waals surface area contributed by atoms with Crippen molar-refractivity contribution in [2.75, 3.05) is 12.3 Å². The highest BCUT2D eigenvalue weighted by Crippen LogP contribution is 2.34. The van der Waals surface area contributed by atoms with Gasteiger partial charge in [-0.25, -0.2) is 4.98 Å². The molecular weight excluding hydrogens is 242 g/mol.